The lowest BCUT2D eigenvalue weighted by molar-refractivity contribution is -0.163. The second kappa shape index (κ2) is 7.50. The Morgan fingerprint density at radius 3 is 2.59 bits per heavy atom. The van der Waals surface area contributed by atoms with E-state index in [4.69, 9.17) is 18.9 Å². The number of esters is 2. The maximum atomic E-state index is 12.5. The highest BCUT2D eigenvalue weighted by Crippen LogP contribution is 2.52. The Kier molecular flexibility index (Phi) is 5.68. The number of fused-ring (bicyclic) bond motifs is 2. The van der Waals surface area contributed by atoms with Crippen LogP contribution in [-0.2, 0) is 28.5 Å². The van der Waals surface area contributed by atoms with E-state index in [1.54, 1.807) is 40.7 Å². The molecule has 7 atom stereocenters. The Morgan fingerprint density at radius 2 is 2.00 bits per heavy atom. The van der Waals surface area contributed by atoms with Gasteiger partial charge in [0.15, 0.2) is 6.29 Å². The van der Waals surface area contributed by atoms with Crippen LogP contribution in [0.3, 0.4) is 0 Å². The molecule has 29 heavy (non-hydrogen) atoms. The van der Waals surface area contributed by atoms with Gasteiger partial charge < -0.3 is 29.2 Å². The van der Waals surface area contributed by atoms with Crippen molar-refractivity contribution in [1.82, 2.24) is 0 Å². The predicted octanol–water partition coefficient (Wildman–Crippen LogP) is 1.25. The molecule has 8 heteroatoms. The molecule has 0 aromatic carbocycles. The third kappa shape index (κ3) is 3.52. The minimum absolute atomic E-state index is 0.000195. The van der Waals surface area contributed by atoms with E-state index in [9.17, 15) is 19.8 Å². The number of hydrogen-bond acceptors (Lipinski definition) is 8. The molecule has 3 aliphatic rings. The molecule has 2 heterocycles. The fourth-order valence-electron chi connectivity index (χ4n) is 4.79. The van der Waals surface area contributed by atoms with Crippen molar-refractivity contribution in [3.63, 3.8) is 0 Å². The van der Waals surface area contributed by atoms with E-state index in [1.165, 1.54) is 7.11 Å². The van der Waals surface area contributed by atoms with Gasteiger partial charge in [-0.05, 0) is 27.7 Å². The number of carbonyl (C=O) groups is 2. The number of methoxy groups -OCH3 is 1. The molecule has 1 fully saturated rings. The van der Waals surface area contributed by atoms with Gasteiger partial charge in [0.1, 0.15) is 17.8 Å². The molecule has 2 aliphatic heterocycles. The molecule has 0 saturated carbocycles. The highest BCUT2D eigenvalue weighted by atomic mass is 16.6. The Morgan fingerprint density at radius 1 is 1.34 bits per heavy atom. The van der Waals surface area contributed by atoms with Gasteiger partial charge in [-0.15, -0.1) is 0 Å². The van der Waals surface area contributed by atoms with Crippen LogP contribution in [0.4, 0.5) is 0 Å². The maximum Gasteiger partial charge on any atom is 0.333 e. The first-order chi connectivity index (χ1) is 13.5. The smallest absolute Gasteiger partial charge is 0.333 e. The van der Waals surface area contributed by atoms with Crippen LogP contribution in [0.25, 0.3) is 0 Å². The second-order valence-corrected chi connectivity index (χ2v) is 8.58. The van der Waals surface area contributed by atoms with Crippen LogP contribution in [0.5, 0.6) is 0 Å². The van der Waals surface area contributed by atoms with Crippen molar-refractivity contribution in [2.24, 2.45) is 11.8 Å². The molecule has 162 valence electrons. The Balaban J connectivity index is 2.12. The number of ether oxygens (including phenoxy) is 4. The van der Waals surface area contributed by atoms with Crippen LogP contribution in [0.15, 0.2) is 22.8 Å². The molecule has 3 rings (SSSR count). The van der Waals surface area contributed by atoms with Crippen LogP contribution < -0.4 is 0 Å². The van der Waals surface area contributed by atoms with Gasteiger partial charge in [0, 0.05) is 30.2 Å². The van der Waals surface area contributed by atoms with Crippen LogP contribution in [0.2, 0.25) is 0 Å². The quantitative estimate of drug-likeness (QED) is 0.405. The van der Waals surface area contributed by atoms with Crippen LogP contribution in [0, 0.1) is 11.8 Å². The molecule has 2 N–H and O–H groups in total. The van der Waals surface area contributed by atoms with E-state index in [0.717, 1.165) is 0 Å². The zero-order valence-electron chi connectivity index (χ0n) is 17.7. The van der Waals surface area contributed by atoms with Crippen molar-refractivity contribution in [2.45, 2.75) is 70.7 Å². The molecular weight excluding hydrogens is 380 g/mol. The molecule has 8 nitrogen and oxygen atoms in total. The van der Waals surface area contributed by atoms with Gasteiger partial charge >= 0.3 is 11.9 Å². The van der Waals surface area contributed by atoms with Crippen molar-refractivity contribution >= 4 is 11.9 Å². The molecule has 0 radical (unpaired) electrons. The van der Waals surface area contributed by atoms with Crippen LogP contribution >= 0.6 is 0 Å². The number of hydrogen-bond donors (Lipinski definition) is 2. The lowest BCUT2D eigenvalue weighted by Gasteiger charge is -2.34. The van der Waals surface area contributed by atoms with Crippen LogP contribution in [-0.4, -0.2) is 65.6 Å². The van der Waals surface area contributed by atoms with E-state index in [1.807, 2.05) is 0 Å². The molecule has 0 spiro atoms. The fourth-order valence-corrected chi connectivity index (χ4v) is 4.79. The molecule has 0 aromatic heterocycles. The Hall–Kier alpha value is -1.74. The molecule has 1 aliphatic carbocycles. The fraction of sp³-hybridized carbons (Fsp3) is 0.714. The summed E-state index contributed by atoms with van der Waals surface area (Å²) in [5.41, 5.74) is -1.47. The number of rotatable bonds is 4. The van der Waals surface area contributed by atoms with E-state index >= 15 is 0 Å². The third-order valence-electron chi connectivity index (χ3n) is 6.35. The SMILES string of the molecule is CC=C(C)C(=O)OC1CC(C)(O)C2=C(C3OC(=O)C(C)C13)C(C)(COC)OC2O. The maximum absolute atomic E-state index is 12.5. The number of carbonyl (C=O) groups excluding carboxylic acids is 2. The predicted molar refractivity (Wildman–Crippen MR) is 101 cm³/mol. The Labute approximate surface area is 170 Å². The Bertz CT molecular complexity index is 767. The number of allylic oxidation sites excluding steroid dienone is 1. The average molecular weight is 410 g/mol. The summed E-state index contributed by atoms with van der Waals surface area (Å²) < 4.78 is 22.5. The highest BCUT2D eigenvalue weighted by Gasteiger charge is 2.62. The lowest BCUT2D eigenvalue weighted by atomic mass is 9.80. The summed E-state index contributed by atoms with van der Waals surface area (Å²) in [6, 6.07) is 0. The first-order valence-electron chi connectivity index (χ1n) is 9.83. The molecular formula is C21H30O8. The van der Waals surface area contributed by atoms with E-state index < -0.39 is 53.5 Å². The first-order valence-corrected chi connectivity index (χ1v) is 9.83. The van der Waals surface area contributed by atoms with Crippen molar-refractivity contribution in [1.29, 1.82) is 0 Å². The van der Waals surface area contributed by atoms with Gasteiger partial charge in [0.25, 0.3) is 0 Å². The average Bonchev–Trinajstić information content (AvgIpc) is 3.02. The van der Waals surface area contributed by atoms with Gasteiger partial charge in [0.05, 0.1) is 24.0 Å². The van der Waals surface area contributed by atoms with Gasteiger partial charge in [-0.1, -0.05) is 13.0 Å². The normalized spacial score (nSPS) is 42.3. The van der Waals surface area contributed by atoms with Gasteiger partial charge in [-0.2, -0.15) is 0 Å². The van der Waals surface area contributed by atoms with E-state index in [-0.39, 0.29) is 18.6 Å². The molecule has 0 aromatic rings. The van der Waals surface area contributed by atoms with Gasteiger partial charge in [-0.3, -0.25) is 4.79 Å². The standard InChI is InChI=1S/C21H30O8/c1-7-10(2)17(22)27-12-8-20(4,25)15-14(16-13(12)11(3)18(23)28-16)21(5,9-26-6)29-19(15)24/h7,11-13,16,19,24-25H,8-9H2,1-6H3. The monoisotopic (exact) mass is 410 g/mol. The van der Waals surface area contributed by atoms with Gasteiger partial charge in [0.2, 0.25) is 0 Å². The summed E-state index contributed by atoms with van der Waals surface area (Å²) in [4.78, 5) is 25.0. The topological polar surface area (TPSA) is 112 Å². The van der Waals surface area contributed by atoms with Gasteiger partial charge in [-0.25, -0.2) is 4.79 Å². The van der Waals surface area contributed by atoms with Crippen molar-refractivity contribution in [3.8, 4) is 0 Å². The van der Waals surface area contributed by atoms with E-state index in [0.29, 0.717) is 11.1 Å². The molecule has 0 amide bonds. The lowest BCUT2D eigenvalue weighted by Crippen LogP contribution is -2.44. The summed E-state index contributed by atoms with van der Waals surface area (Å²) in [6.45, 7) is 8.45. The van der Waals surface area contributed by atoms with Crippen molar-refractivity contribution in [2.75, 3.05) is 13.7 Å². The summed E-state index contributed by atoms with van der Waals surface area (Å²) >= 11 is 0. The third-order valence-corrected chi connectivity index (χ3v) is 6.35. The van der Waals surface area contributed by atoms with Crippen LogP contribution in [0.1, 0.15) is 41.0 Å². The molecule has 0 bridgehead atoms. The summed E-state index contributed by atoms with van der Waals surface area (Å²) in [5, 5.41) is 21.9. The first kappa shape index (κ1) is 22.0. The zero-order chi connectivity index (χ0) is 21.7. The van der Waals surface area contributed by atoms with Crippen molar-refractivity contribution in [3.05, 3.63) is 22.8 Å². The number of aliphatic hydroxyl groups is 2. The minimum atomic E-state index is -1.54. The van der Waals surface area contributed by atoms with E-state index in [2.05, 4.69) is 0 Å². The number of aliphatic hydroxyl groups excluding tert-OH is 1. The molecule has 1 saturated heterocycles. The zero-order valence-corrected chi connectivity index (χ0v) is 17.7. The second-order valence-electron chi connectivity index (χ2n) is 8.58. The summed E-state index contributed by atoms with van der Waals surface area (Å²) in [5.74, 6) is -2.02. The summed E-state index contributed by atoms with van der Waals surface area (Å²) in [6.07, 6.45) is -1.34. The highest BCUT2D eigenvalue weighted by molar-refractivity contribution is 5.88. The summed E-state index contributed by atoms with van der Waals surface area (Å²) in [7, 11) is 1.50. The largest absolute Gasteiger partial charge is 0.458 e. The molecule has 7 unspecified atom stereocenters. The minimum Gasteiger partial charge on any atom is -0.458 e. The van der Waals surface area contributed by atoms with Crippen molar-refractivity contribution < 1.29 is 38.7 Å².